The average Bonchev–Trinajstić information content (AvgIpc) is 2.56. The van der Waals surface area contributed by atoms with Crippen LogP contribution in [0.25, 0.3) is 10.8 Å². The first kappa shape index (κ1) is 19.1. The minimum Gasteiger partial charge on any atom is -0.543 e. The van der Waals surface area contributed by atoms with E-state index in [1.54, 1.807) is 12.1 Å². The fourth-order valence-electron chi connectivity index (χ4n) is 2.31. The summed E-state index contributed by atoms with van der Waals surface area (Å²) in [7, 11) is 0. The van der Waals surface area contributed by atoms with Gasteiger partial charge in [-0.2, -0.15) is 5.10 Å². The zero-order chi connectivity index (χ0) is 19.3. The largest absolute Gasteiger partial charge is 0.543 e. The van der Waals surface area contributed by atoms with Crippen molar-refractivity contribution >= 4 is 28.7 Å². The van der Waals surface area contributed by atoms with E-state index in [2.05, 4.69) is 15.7 Å². The molecule has 138 valence electrons. The Bertz CT molecular complexity index is 904. The van der Waals surface area contributed by atoms with Crippen molar-refractivity contribution in [1.29, 1.82) is 0 Å². The van der Waals surface area contributed by atoms with Crippen LogP contribution in [-0.4, -0.2) is 34.2 Å². The monoisotopic (exact) mass is 359 g/mol. The van der Waals surface area contributed by atoms with Gasteiger partial charge in [-0.25, -0.2) is 9.48 Å². The molecule has 2 N–H and O–H groups in total. The number of imide groups is 1. The second-order valence-electron chi connectivity index (χ2n) is 6.13. The molecule has 0 saturated heterocycles. The lowest BCUT2D eigenvalue weighted by atomic mass is 10.1. The number of carbonyl (C=O) groups excluding carboxylic acids is 3. The number of nitrogens with zero attached hydrogens (tertiary/aromatic N) is 2. The SMILES string of the molecule is CC(C)CCNC(=O)NC(=O)Cn1nc(C(=O)[O-])c2ccccc2c1=O. The van der Waals surface area contributed by atoms with Crippen molar-refractivity contribution in [2.75, 3.05) is 6.54 Å². The maximum Gasteiger partial charge on any atom is 0.321 e. The number of hydrogen-bond donors (Lipinski definition) is 2. The van der Waals surface area contributed by atoms with Gasteiger partial charge in [-0.3, -0.25) is 14.9 Å². The first-order chi connectivity index (χ1) is 12.3. The number of carboxylic acids is 1. The summed E-state index contributed by atoms with van der Waals surface area (Å²) in [6, 6.07) is 5.30. The van der Waals surface area contributed by atoms with Crippen LogP contribution in [0.3, 0.4) is 0 Å². The molecule has 0 atom stereocenters. The van der Waals surface area contributed by atoms with Crippen molar-refractivity contribution in [2.24, 2.45) is 5.92 Å². The van der Waals surface area contributed by atoms with Crippen molar-refractivity contribution in [3.8, 4) is 0 Å². The third kappa shape index (κ3) is 4.65. The summed E-state index contributed by atoms with van der Waals surface area (Å²) in [6.45, 7) is 3.80. The lowest BCUT2D eigenvalue weighted by Crippen LogP contribution is -2.43. The van der Waals surface area contributed by atoms with E-state index >= 15 is 0 Å². The fourth-order valence-corrected chi connectivity index (χ4v) is 2.31. The number of aromatic nitrogens is 2. The molecule has 1 aromatic heterocycles. The van der Waals surface area contributed by atoms with Gasteiger partial charge in [0, 0.05) is 11.9 Å². The molecule has 0 aliphatic carbocycles. The molecule has 1 aromatic carbocycles. The number of carboxylic acid groups (broad SMARTS) is 1. The van der Waals surface area contributed by atoms with Gasteiger partial charge in [0.05, 0.1) is 11.4 Å². The highest BCUT2D eigenvalue weighted by atomic mass is 16.4. The molecular weight excluding hydrogens is 340 g/mol. The van der Waals surface area contributed by atoms with Gasteiger partial charge in [0.2, 0.25) is 5.91 Å². The van der Waals surface area contributed by atoms with Gasteiger partial charge in [0.1, 0.15) is 12.2 Å². The molecule has 0 saturated carbocycles. The van der Waals surface area contributed by atoms with Gasteiger partial charge in [0.15, 0.2) is 0 Å². The molecular formula is C17H19N4O5-. The number of carbonyl (C=O) groups is 3. The Labute approximate surface area is 149 Å². The quantitative estimate of drug-likeness (QED) is 0.723. The van der Waals surface area contributed by atoms with E-state index in [1.165, 1.54) is 12.1 Å². The van der Waals surface area contributed by atoms with Crippen LogP contribution in [0, 0.1) is 5.92 Å². The van der Waals surface area contributed by atoms with Crippen molar-refractivity contribution in [1.82, 2.24) is 20.4 Å². The zero-order valence-corrected chi connectivity index (χ0v) is 14.4. The standard InChI is InChI=1S/C17H20N4O5/c1-10(2)7-8-18-17(26)19-13(22)9-21-15(23)12-6-4-3-5-11(12)14(20-21)16(24)25/h3-6,10H,7-9H2,1-2H3,(H,24,25)(H2,18,19,22,26)/p-1. The Morgan fingerprint density at radius 2 is 1.85 bits per heavy atom. The average molecular weight is 359 g/mol. The summed E-state index contributed by atoms with van der Waals surface area (Å²) in [5, 5.41) is 19.8. The van der Waals surface area contributed by atoms with Crippen LogP contribution in [0.1, 0.15) is 30.8 Å². The molecule has 3 amide bonds. The number of hydrogen-bond acceptors (Lipinski definition) is 6. The van der Waals surface area contributed by atoms with Gasteiger partial charge < -0.3 is 15.2 Å². The molecule has 26 heavy (non-hydrogen) atoms. The zero-order valence-electron chi connectivity index (χ0n) is 14.4. The normalized spacial score (nSPS) is 10.7. The molecule has 2 aromatic rings. The van der Waals surface area contributed by atoms with Crippen LogP contribution >= 0.6 is 0 Å². The summed E-state index contributed by atoms with van der Waals surface area (Å²) in [5.74, 6) is -1.96. The molecule has 9 heteroatoms. The summed E-state index contributed by atoms with van der Waals surface area (Å²) in [5.41, 5.74) is -1.09. The molecule has 0 aliphatic rings. The van der Waals surface area contributed by atoms with E-state index < -0.39 is 35.7 Å². The van der Waals surface area contributed by atoms with Crippen molar-refractivity contribution < 1.29 is 19.5 Å². The predicted octanol–water partition coefficient (Wildman–Crippen LogP) is -0.368. The highest BCUT2D eigenvalue weighted by Gasteiger charge is 2.14. The smallest absolute Gasteiger partial charge is 0.321 e. The Kier molecular flexibility index (Phi) is 6.05. The summed E-state index contributed by atoms with van der Waals surface area (Å²) >= 11 is 0. The summed E-state index contributed by atoms with van der Waals surface area (Å²) in [6.07, 6.45) is 0.752. The van der Waals surface area contributed by atoms with E-state index in [4.69, 9.17) is 0 Å². The first-order valence-corrected chi connectivity index (χ1v) is 8.08. The molecule has 0 fully saturated rings. The van der Waals surface area contributed by atoms with Crippen molar-refractivity contribution in [3.63, 3.8) is 0 Å². The molecule has 0 radical (unpaired) electrons. The molecule has 1 heterocycles. The van der Waals surface area contributed by atoms with Crippen LogP contribution in [-0.2, 0) is 11.3 Å². The summed E-state index contributed by atoms with van der Waals surface area (Å²) in [4.78, 5) is 47.2. The molecule has 9 nitrogen and oxygen atoms in total. The molecule has 0 bridgehead atoms. The van der Waals surface area contributed by atoms with Crippen LogP contribution < -0.4 is 21.3 Å². The highest BCUT2D eigenvalue weighted by molar-refractivity contribution is 6.00. The second kappa shape index (κ2) is 8.24. The van der Waals surface area contributed by atoms with E-state index in [9.17, 15) is 24.3 Å². The molecule has 0 unspecified atom stereocenters. The number of nitrogens with one attached hydrogen (secondary N) is 2. The third-order valence-electron chi connectivity index (χ3n) is 3.61. The molecule has 0 aliphatic heterocycles. The maximum absolute atomic E-state index is 12.4. The molecule has 2 rings (SSSR count). The number of rotatable bonds is 6. The Morgan fingerprint density at radius 1 is 1.19 bits per heavy atom. The predicted molar refractivity (Wildman–Crippen MR) is 91.3 cm³/mol. The van der Waals surface area contributed by atoms with Crippen LogP contribution in [0.2, 0.25) is 0 Å². The topological polar surface area (TPSA) is 133 Å². The molecule has 0 spiro atoms. The van der Waals surface area contributed by atoms with Gasteiger partial charge in [-0.1, -0.05) is 32.0 Å². The number of benzene rings is 1. The minimum absolute atomic E-state index is 0.0934. The van der Waals surface area contributed by atoms with E-state index in [0.29, 0.717) is 17.1 Å². The maximum atomic E-state index is 12.4. The number of urea groups is 1. The lowest BCUT2D eigenvalue weighted by Gasteiger charge is -2.12. The van der Waals surface area contributed by atoms with E-state index in [1.807, 2.05) is 13.8 Å². The summed E-state index contributed by atoms with van der Waals surface area (Å²) < 4.78 is 0.699. The minimum atomic E-state index is -1.57. The number of aromatic carboxylic acids is 1. The third-order valence-corrected chi connectivity index (χ3v) is 3.61. The highest BCUT2D eigenvalue weighted by Crippen LogP contribution is 2.12. The van der Waals surface area contributed by atoms with Crippen LogP contribution in [0.5, 0.6) is 0 Å². The van der Waals surface area contributed by atoms with E-state index in [0.717, 1.165) is 6.42 Å². The number of amides is 3. The fraction of sp³-hybridized carbons (Fsp3) is 0.353. The van der Waals surface area contributed by atoms with Gasteiger partial charge in [-0.15, -0.1) is 0 Å². The van der Waals surface area contributed by atoms with Crippen molar-refractivity contribution in [2.45, 2.75) is 26.8 Å². The van der Waals surface area contributed by atoms with E-state index in [-0.39, 0.29) is 10.8 Å². The van der Waals surface area contributed by atoms with Gasteiger partial charge in [-0.05, 0) is 18.4 Å². The van der Waals surface area contributed by atoms with Gasteiger partial charge >= 0.3 is 6.03 Å². The second-order valence-corrected chi connectivity index (χ2v) is 6.13. The lowest BCUT2D eigenvalue weighted by molar-refractivity contribution is -0.255. The van der Waals surface area contributed by atoms with Crippen LogP contribution in [0.4, 0.5) is 4.79 Å². The Hall–Kier alpha value is -3.23. The van der Waals surface area contributed by atoms with Gasteiger partial charge in [0.25, 0.3) is 5.56 Å². The number of fused-ring (bicyclic) bond motifs is 1. The Balaban J connectivity index is 2.16. The van der Waals surface area contributed by atoms with Crippen LogP contribution in [0.15, 0.2) is 29.1 Å². The Morgan fingerprint density at radius 3 is 2.46 bits per heavy atom. The first-order valence-electron chi connectivity index (χ1n) is 8.08. The van der Waals surface area contributed by atoms with Crippen molar-refractivity contribution in [3.05, 3.63) is 40.3 Å².